The number of nitrogens with one attached hydrogen (secondary N) is 1. The van der Waals surface area contributed by atoms with Gasteiger partial charge in [-0.05, 0) is 41.3 Å². The van der Waals surface area contributed by atoms with Gasteiger partial charge in [0.25, 0.3) is 0 Å². The quantitative estimate of drug-likeness (QED) is 0.801. The van der Waals surface area contributed by atoms with Gasteiger partial charge in [0, 0.05) is 12.1 Å². The summed E-state index contributed by atoms with van der Waals surface area (Å²) >= 11 is 3.09. The number of anilines is 2. The molecule has 2 nitrogen and oxygen atoms in total. The summed E-state index contributed by atoms with van der Waals surface area (Å²) in [4.78, 5) is 0. The molecule has 76 valence electrons. The third kappa shape index (κ3) is 1.85. The minimum atomic E-state index is -0.277. The summed E-state index contributed by atoms with van der Waals surface area (Å²) in [5.74, 6) is -0.277. The van der Waals surface area contributed by atoms with Gasteiger partial charge < -0.3 is 11.1 Å². The molecule has 0 amide bonds. The fourth-order valence-corrected chi connectivity index (χ4v) is 1.82. The van der Waals surface area contributed by atoms with E-state index >= 15 is 0 Å². The minimum Gasteiger partial charge on any atom is -0.397 e. The Morgan fingerprint density at radius 1 is 1.43 bits per heavy atom. The molecule has 0 unspecified atom stereocenters. The lowest BCUT2D eigenvalue weighted by molar-refractivity contribution is 0.445. The summed E-state index contributed by atoms with van der Waals surface area (Å²) < 4.78 is 13.6. The smallest absolute Gasteiger partial charge is 0.139 e. The maximum Gasteiger partial charge on any atom is 0.139 e. The van der Waals surface area contributed by atoms with Crippen molar-refractivity contribution >= 4 is 27.3 Å². The van der Waals surface area contributed by atoms with E-state index in [1.54, 1.807) is 6.07 Å². The van der Waals surface area contributed by atoms with Crippen LogP contribution in [0.3, 0.4) is 0 Å². The molecule has 0 heterocycles. The minimum absolute atomic E-state index is 0.277. The van der Waals surface area contributed by atoms with Crippen LogP contribution in [0, 0.1) is 5.82 Å². The zero-order valence-electron chi connectivity index (χ0n) is 7.69. The second kappa shape index (κ2) is 3.77. The van der Waals surface area contributed by atoms with Crippen molar-refractivity contribution in [3.8, 4) is 0 Å². The van der Waals surface area contributed by atoms with Gasteiger partial charge in [-0.15, -0.1) is 0 Å². The molecule has 0 aromatic heterocycles. The van der Waals surface area contributed by atoms with Gasteiger partial charge >= 0.3 is 0 Å². The van der Waals surface area contributed by atoms with Gasteiger partial charge in [-0.2, -0.15) is 0 Å². The summed E-state index contributed by atoms with van der Waals surface area (Å²) in [7, 11) is 0. The van der Waals surface area contributed by atoms with Crippen molar-refractivity contribution in [2.45, 2.75) is 25.3 Å². The number of rotatable bonds is 2. The molecule has 0 bridgehead atoms. The first-order valence-corrected chi connectivity index (χ1v) is 5.47. The highest BCUT2D eigenvalue weighted by Crippen LogP contribution is 2.30. The molecule has 1 aliphatic rings. The van der Waals surface area contributed by atoms with E-state index < -0.39 is 0 Å². The van der Waals surface area contributed by atoms with Gasteiger partial charge in [0.15, 0.2) is 0 Å². The summed E-state index contributed by atoms with van der Waals surface area (Å²) in [6.07, 6.45) is 3.55. The summed E-state index contributed by atoms with van der Waals surface area (Å²) in [6.45, 7) is 0. The van der Waals surface area contributed by atoms with Crippen molar-refractivity contribution in [3.05, 3.63) is 22.4 Å². The fourth-order valence-electron chi connectivity index (χ4n) is 1.46. The number of benzene rings is 1. The van der Waals surface area contributed by atoms with E-state index in [0.717, 1.165) is 12.8 Å². The normalized spacial score (nSPS) is 16.4. The van der Waals surface area contributed by atoms with E-state index in [4.69, 9.17) is 5.73 Å². The van der Waals surface area contributed by atoms with Crippen molar-refractivity contribution in [3.63, 3.8) is 0 Å². The maximum atomic E-state index is 13.2. The van der Waals surface area contributed by atoms with Crippen LogP contribution in [0.4, 0.5) is 15.8 Å². The highest BCUT2D eigenvalue weighted by atomic mass is 79.9. The molecule has 3 N–H and O–H groups in total. The van der Waals surface area contributed by atoms with Crippen LogP contribution in [-0.2, 0) is 0 Å². The first-order chi connectivity index (χ1) is 6.66. The van der Waals surface area contributed by atoms with Crippen molar-refractivity contribution < 1.29 is 4.39 Å². The molecule has 0 saturated heterocycles. The van der Waals surface area contributed by atoms with E-state index in [0.29, 0.717) is 21.9 Å². The Labute approximate surface area is 90.8 Å². The van der Waals surface area contributed by atoms with Crippen LogP contribution in [0.5, 0.6) is 0 Å². The Hall–Kier alpha value is -0.770. The molecule has 1 aromatic rings. The van der Waals surface area contributed by atoms with Crippen molar-refractivity contribution in [1.82, 2.24) is 0 Å². The molecule has 0 spiro atoms. The van der Waals surface area contributed by atoms with Gasteiger partial charge in [-0.1, -0.05) is 0 Å². The number of halogens is 2. The van der Waals surface area contributed by atoms with Crippen molar-refractivity contribution in [2.75, 3.05) is 11.1 Å². The summed E-state index contributed by atoms with van der Waals surface area (Å²) in [6, 6.07) is 3.51. The Morgan fingerprint density at radius 3 is 2.71 bits per heavy atom. The third-order valence-electron chi connectivity index (χ3n) is 2.56. The second-order valence-electron chi connectivity index (χ2n) is 3.63. The van der Waals surface area contributed by atoms with Crippen LogP contribution in [0.25, 0.3) is 0 Å². The summed E-state index contributed by atoms with van der Waals surface area (Å²) in [5, 5.41) is 3.23. The SMILES string of the molecule is Nc1cc(Br)c(F)cc1NC1CCC1. The highest BCUT2D eigenvalue weighted by Gasteiger charge is 2.18. The fraction of sp³-hybridized carbons (Fsp3) is 0.400. The lowest BCUT2D eigenvalue weighted by Crippen LogP contribution is -2.27. The largest absolute Gasteiger partial charge is 0.397 e. The van der Waals surface area contributed by atoms with Crippen LogP contribution in [-0.4, -0.2) is 6.04 Å². The Bertz CT molecular complexity index is 350. The van der Waals surface area contributed by atoms with Gasteiger partial charge in [-0.25, -0.2) is 4.39 Å². The molecule has 0 atom stereocenters. The van der Waals surface area contributed by atoms with Gasteiger partial charge in [0.1, 0.15) is 5.82 Å². The molecular weight excluding hydrogens is 247 g/mol. The molecule has 1 aromatic carbocycles. The van der Waals surface area contributed by atoms with Crippen LogP contribution in [0.2, 0.25) is 0 Å². The number of nitrogens with two attached hydrogens (primary N) is 1. The lowest BCUT2D eigenvalue weighted by Gasteiger charge is -2.28. The van der Waals surface area contributed by atoms with Crippen molar-refractivity contribution in [1.29, 1.82) is 0 Å². The molecular formula is C10H12BrFN2. The average Bonchev–Trinajstić information content (AvgIpc) is 2.06. The molecule has 0 radical (unpaired) electrons. The molecule has 14 heavy (non-hydrogen) atoms. The summed E-state index contributed by atoms with van der Waals surface area (Å²) in [5.41, 5.74) is 7.05. The van der Waals surface area contributed by atoms with Crippen molar-refractivity contribution in [2.24, 2.45) is 0 Å². The van der Waals surface area contributed by atoms with Crippen LogP contribution in [0.15, 0.2) is 16.6 Å². The predicted molar refractivity (Wildman–Crippen MR) is 59.8 cm³/mol. The van der Waals surface area contributed by atoms with Gasteiger partial charge in [-0.3, -0.25) is 0 Å². The molecule has 1 aliphatic carbocycles. The van der Waals surface area contributed by atoms with Crippen LogP contribution >= 0.6 is 15.9 Å². The Morgan fingerprint density at radius 2 is 2.14 bits per heavy atom. The zero-order chi connectivity index (χ0) is 10.1. The van der Waals surface area contributed by atoms with Gasteiger partial charge in [0.2, 0.25) is 0 Å². The monoisotopic (exact) mass is 258 g/mol. The second-order valence-corrected chi connectivity index (χ2v) is 4.48. The Balaban J connectivity index is 2.19. The lowest BCUT2D eigenvalue weighted by atomic mass is 9.93. The molecule has 1 fully saturated rings. The molecule has 0 aliphatic heterocycles. The molecule has 2 rings (SSSR count). The van der Waals surface area contributed by atoms with E-state index in [9.17, 15) is 4.39 Å². The van der Waals surface area contributed by atoms with E-state index in [1.807, 2.05) is 0 Å². The Kier molecular flexibility index (Phi) is 2.63. The highest BCUT2D eigenvalue weighted by molar-refractivity contribution is 9.10. The molecule has 4 heteroatoms. The van der Waals surface area contributed by atoms with Crippen LogP contribution in [0.1, 0.15) is 19.3 Å². The topological polar surface area (TPSA) is 38.0 Å². The third-order valence-corrected chi connectivity index (χ3v) is 3.16. The maximum absolute atomic E-state index is 13.2. The van der Waals surface area contributed by atoms with E-state index in [1.165, 1.54) is 12.5 Å². The standard InChI is InChI=1S/C10H12BrFN2/c11-7-4-9(13)10(5-8(7)12)14-6-2-1-3-6/h4-6,14H,1-3,13H2. The number of hydrogen-bond acceptors (Lipinski definition) is 2. The van der Waals surface area contributed by atoms with Crippen LogP contribution < -0.4 is 11.1 Å². The number of hydrogen-bond donors (Lipinski definition) is 2. The molecule has 1 saturated carbocycles. The first-order valence-electron chi connectivity index (χ1n) is 4.68. The van der Waals surface area contributed by atoms with E-state index in [-0.39, 0.29) is 5.82 Å². The van der Waals surface area contributed by atoms with Gasteiger partial charge in [0.05, 0.1) is 15.8 Å². The average molecular weight is 259 g/mol. The zero-order valence-corrected chi connectivity index (χ0v) is 9.27. The first kappa shape index (κ1) is 9.77. The van der Waals surface area contributed by atoms with E-state index in [2.05, 4.69) is 21.2 Å². The predicted octanol–water partition coefficient (Wildman–Crippen LogP) is 3.13. The number of nitrogen functional groups attached to an aromatic ring is 1.